The van der Waals surface area contributed by atoms with Crippen LogP contribution in [0.4, 0.5) is 0 Å². The third-order valence-electron chi connectivity index (χ3n) is 13.3. The summed E-state index contributed by atoms with van der Waals surface area (Å²) in [6.45, 7) is 4.49. The number of carbonyl (C=O) groups is 1. The Balaban J connectivity index is 2.15. The maximum absolute atomic E-state index is 12.9. The predicted molar refractivity (Wildman–Crippen MR) is 284 cm³/mol. The zero-order chi connectivity index (χ0) is 49.2. The van der Waals surface area contributed by atoms with Gasteiger partial charge in [-0.25, -0.2) is 0 Å². The van der Waals surface area contributed by atoms with Crippen molar-refractivity contribution in [2.75, 3.05) is 26.4 Å². The van der Waals surface area contributed by atoms with E-state index in [1.54, 1.807) is 0 Å². The van der Waals surface area contributed by atoms with Crippen LogP contribution in [0.2, 0.25) is 0 Å². The predicted octanol–water partition coefficient (Wildman–Crippen LogP) is 14.8. The number of aliphatic hydroxyl groups is 4. The molecule has 1 rings (SSSR count). The standard InChI is InChI=1S/C59H108O9/c1-3-5-7-9-11-13-15-17-19-21-23-25-26-27-29-31-33-35-37-39-41-43-45-47-49-65-51-53(52-66-59-58(64)57(63)56(62)54(50-60)68-59)67-55(61)48-46-44-42-40-38-36-34-32-30-28-24-22-20-18-16-14-12-10-8-6-4-2/h5,7,11,13,17,19,23,25,53-54,56-60,62-64H,3-4,6,8-10,12,14-16,18,20-22,24,26-52H2,1-2H3/b7-5-,13-11-,19-17-,25-23-. The van der Waals surface area contributed by atoms with Gasteiger partial charge in [-0.15, -0.1) is 0 Å². The van der Waals surface area contributed by atoms with Crippen LogP contribution in [0.3, 0.4) is 0 Å². The molecule has 9 heteroatoms. The normalized spacial score (nSPS) is 19.4. The van der Waals surface area contributed by atoms with Gasteiger partial charge in [-0.2, -0.15) is 0 Å². The van der Waals surface area contributed by atoms with Crippen molar-refractivity contribution in [1.29, 1.82) is 0 Å². The summed E-state index contributed by atoms with van der Waals surface area (Å²) < 4.78 is 23.0. The zero-order valence-corrected chi connectivity index (χ0v) is 44.1. The molecule has 0 aromatic carbocycles. The summed E-state index contributed by atoms with van der Waals surface area (Å²) in [5.74, 6) is -0.310. The lowest BCUT2D eigenvalue weighted by Crippen LogP contribution is -2.59. The van der Waals surface area contributed by atoms with E-state index in [4.69, 9.17) is 18.9 Å². The molecule has 0 aromatic heterocycles. The van der Waals surface area contributed by atoms with Gasteiger partial charge in [0.2, 0.25) is 0 Å². The summed E-state index contributed by atoms with van der Waals surface area (Å²) in [5, 5.41) is 40.4. The second-order valence-corrected chi connectivity index (χ2v) is 19.7. The average Bonchev–Trinajstić information content (AvgIpc) is 3.34. The molecule has 6 unspecified atom stereocenters. The Morgan fingerprint density at radius 2 is 0.897 bits per heavy atom. The molecule has 1 fully saturated rings. The lowest BCUT2D eigenvalue weighted by Gasteiger charge is -2.39. The lowest BCUT2D eigenvalue weighted by molar-refractivity contribution is -0.305. The monoisotopic (exact) mass is 961 g/mol. The molecular weight excluding hydrogens is 853 g/mol. The van der Waals surface area contributed by atoms with E-state index in [0.717, 1.165) is 57.8 Å². The van der Waals surface area contributed by atoms with Gasteiger partial charge in [0.15, 0.2) is 6.29 Å². The molecule has 9 nitrogen and oxygen atoms in total. The summed E-state index contributed by atoms with van der Waals surface area (Å²) in [5.41, 5.74) is 0. The van der Waals surface area contributed by atoms with E-state index in [1.807, 2.05) is 0 Å². The number of hydrogen-bond donors (Lipinski definition) is 4. The minimum atomic E-state index is -1.54. The van der Waals surface area contributed by atoms with Gasteiger partial charge in [-0.3, -0.25) is 4.79 Å². The smallest absolute Gasteiger partial charge is 0.306 e. The van der Waals surface area contributed by atoms with Gasteiger partial charge in [0.25, 0.3) is 0 Å². The SMILES string of the molecule is CC/C=C\C/C=C\C/C=C\C/C=C\CCCCCCCCCCCCCOCC(COC1OC(CO)C(O)C(O)C1O)OC(=O)CCCCCCCCCCCCCCCCCCCCCCC. The first-order valence-corrected chi connectivity index (χ1v) is 28.7. The highest BCUT2D eigenvalue weighted by Crippen LogP contribution is 2.23. The van der Waals surface area contributed by atoms with Crippen molar-refractivity contribution in [2.24, 2.45) is 0 Å². The van der Waals surface area contributed by atoms with E-state index in [2.05, 4.69) is 62.5 Å². The fourth-order valence-electron chi connectivity index (χ4n) is 8.84. The van der Waals surface area contributed by atoms with E-state index in [9.17, 15) is 25.2 Å². The Morgan fingerprint density at radius 1 is 0.485 bits per heavy atom. The quantitative estimate of drug-likeness (QED) is 0.0267. The molecule has 0 saturated carbocycles. The van der Waals surface area contributed by atoms with Crippen LogP contribution in [0, 0.1) is 0 Å². The average molecular weight is 962 g/mol. The van der Waals surface area contributed by atoms with Crippen LogP contribution >= 0.6 is 0 Å². The summed E-state index contributed by atoms with van der Waals surface area (Å²) in [4.78, 5) is 12.9. The van der Waals surface area contributed by atoms with Gasteiger partial charge in [-0.05, 0) is 51.4 Å². The number of allylic oxidation sites excluding steroid dienone is 8. The van der Waals surface area contributed by atoms with Crippen LogP contribution in [0.5, 0.6) is 0 Å². The molecule has 4 N–H and O–H groups in total. The van der Waals surface area contributed by atoms with Gasteiger partial charge < -0.3 is 39.4 Å². The topological polar surface area (TPSA) is 135 Å². The van der Waals surface area contributed by atoms with Gasteiger partial charge in [0, 0.05) is 13.0 Å². The fraction of sp³-hybridized carbons (Fsp3) is 0.847. The van der Waals surface area contributed by atoms with Gasteiger partial charge in [0.1, 0.15) is 30.5 Å². The molecule has 398 valence electrons. The van der Waals surface area contributed by atoms with E-state index >= 15 is 0 Å². The first-order valence-electron chi connectivity index (χ1n) is 28.7. The Hall–Kier alpha value is -1.85. The highest BCUT2D eigenvalue weighted by atomic mass is 16.7. The third kappa shape index (κ3) is 39.8. The molecule has 0 radical (unpaired) electrons. The molecule has 68 heavy (non-hydrogen) atoms. The molecule has 0 bridgehead atoms. The highest BCUT2D eigenvalue weighted by Gasteiger charge is 2.44. The highest BCUT2D eigenvalue weighted by molar-refractivity contribution is 5.69. The van der Waals surface area contributed by atoms with Crippen molar-refractivity contribution in [3.63, 3.8) is 0 Å². The van der Waals surface area contributed by atoms with Crippen molar-refractivity contribution in [2.45, 2.75) is 295 Å². The van der Waals surface area contributed by atoms with Crippen LogP contribution < -0.4 is 0 Å². The molecule has 1 aliphatic heterocycles. The second kappa shape index (κ2) is 50.1. The van der Waals surface area contributed by atoms with Crippen LogP contribution in [-0.4, -0.2) is 89.6 Å². The first-order chi connectivity index (χ1) is 33.4. The number of hydrogen-bond acceptors (Lipinski definition) is 9. The van der Waals surface area contributed by atoms with Gasteiger partial charge >= 0.3 is 5.97 Å². The molecule has 0 aromatic rings. The Morgan fingerprint density at radius 3 is 1.35 bits per heavy atom. The third-order valence-corrected chi connectivity index (χ3v) is 13.3. The minimum Gasteiger partial charge on any atom is -0.457 e. The molecule has 0 spiro atoms. The maximum Gasteiger partial charge on any atom is 0.306 e. The molecular formula is C59H108O9. The molecule has 1 saturated heterocycles. The summed E-state index contributed by atoms with van der Waals surface area (Å²) in [7, 11) is 0. The number of carbonyl (C=O) groups excluding carboxylic acids is 1. The van der Waals surface area contributed by atoms with Crippen LogP contribution in [0.25, 0.3) is 0 Å². The van der Waals surface area contributed by atoms with Crippen molar-refractivity contribution in [1.82, 2.24) is 0 Å². The molecule has 0 aliphatic carbocycles. The number of ether oxygens (including phenoxy) is 4. The minimum absolute atomic E-state index is 0.112. The van der Waals surface area contributed by atoms with Crippen LogP contribution in [0.1, 0.15) is 258 Å². The fourth-order valence-corrected chi connectivity index (χ4v) is 8.84. The van der Waals surface area contributed by atoms with Gasteiger partial charge in [-0.1, -0.05) is 249 Å². The number of aliphatic hydroxyl groups excluding tert-OH is 4. The Labute approximate surface area is 418 Å². The van der Waals surface area contributed by atoms with E-state index in [1.165, 1.54) is 180 Å². The Kier molecular flexibility index (Phi) is 47.3. The summed E-state index contributed by atoms with van der Waals surface area (Å²) in [6, 6.07) is 0. The molecule has 0 amide bonds. The van der Waals surface area contributed by atoms with Crippen LogP contribution in [-0.2, 0) is 23.7 Å². The van der Waals surface area contributed by atoms with Crippen LogP contribution in [0.15, 0.2) is 48.6 Å². The van der Waals surface area contributed by atoms with Gasteiger partial charge in [0.05, 0.1) is 19.8 Å². The summed E-state index contributed by atoms with van der Waals surface area (Å²) in [6.07, 6.45) is 57.3. The number of rotatable bonds is 50. The van der Waals surface area contributed by atoms with E-state index in [0.29, 0.717) is 13.0 Å². The number of unbranched alkanes of at least 4 members (excludes halogenated alkanes) is 31. The number of esters is 1. The van der Waals surface area contributed by atoms with Crippen molar-refractivity contribution in [3.05, 3.63) is 48.6 Å². The maximum atomic E-state index is 12.9. The summed E-state index contributed by atoms with van der Waals surface area (Å²) >= 11 is 0. The largest absolute Gasteiger partial charge is 0.457 e. The molecule has 1 aliphatic rings. The first kappa shape index (κ1) is 64.2. The Bertz CT molecular complexity index is 1180. The van der Waals surface area contributed by atoms with E-state index in [-0.39, 0.29) is 19.2 Å². The van der Waals surface area contributed by atoms with E-state index < -0.39 is 43.4 Å². The van der Waals surface area contributed by atoms with Crippen molar-refractivity contribution < 1.29 is 44.2 Å². The van der Waals surface area contributed by atoms with Crippen molar-refractivity contribution >= 4 is 5.97 Å². The molecule has 6 atom stereocenters. The van der Waals surface area contributed by atoms with Crippen molar-refractivity contribution in [3.8, 4) is 0 Å². The molecule has 1 heterocycles. The lowest BCUT2D eigenvalue weighted by atomic mass is 9.99. The second-order valence-electron chi connectivity index (χ2n) is 19.7. The zero-order valence-electron chi connectivity index (χ0n) is 44.1.